The van der Waals surface area contributed by atoms with E-state index in [9.17, 15) is 14.0 Å². The minimum absolute atomic E-state index is 0.118. The molecule has 3 heterocycles. The highest BCUT2D eigenvalue weighted by Gasteiger charge is 2.58. The molecule has 0 unspecified atom stereocenters. The van der Waals surface area contributed by atoms with E-state index >= 15 is 0 Å². The third-order valence-electron chi connectivity index (χ3n) is 4.23. The lowest BCUT2D eigenvalue weighted by Gasteiger charge is -2.19. The van der Waals surface area contributed by atoms with Crippen LogP contribution in [0.1, 0.15) is 18.5 Å². The molecular formula is C17H10BrClFN3O3. The molecule has 26 heavy (non-hydrogen) atoms. The zero-order valence-corrected chi connectivity index (χ0v) is 15.4. The fourth-order valence-corrected chi connectivity index (χ4v) is 3.51. The average Bonchev–Trinajstić information content (AvgIpc) is 3.13. The molecule has 2 aliphatic rings. The van der Waals surface area contributed by atoms with Crippen LogP contribution >= 0.6 is 27.5 Å². The number of aromatic nitrogens is 1. The first-order valence-electron chi connectivity index (χ1n) is 7.60. The van der Waals surface area contributed by atoms with Crippen molar-refractivity contribution in [3.63, 3.8) is 0 Å². The van der Waals surface area contributed by atoms with E-state index in [1.807, 2.05) is 0 Å². The molecule has 1 atom stereocenters. The van der Waals surface area contributed by atoms with Crippen LogP contribution in [0.25, 0.3) is 0 Å². The highest BCUT2D eigenvalue weighted by atomic mass is 79.9. The Morgan fingerprint density at radius 3 is 2.77 bits per heavy atom. The van der Waals surface area contributed by atoms with Crippen molar-refractivity contribution in [1.82, 2.24) is 4.98 Å². The highest BCUT2D eigenvalue weighted by Crippen LogP contribution is 2.39. The zero-order valence-electron chi connectivity index (χ0n) is 13.1. The number of hydrogen-bond donors (Lipinski definition) is 0. The Bertz CT molecular complexity index is 983. The molecule has 2 aromatic rings. The maximum absolute atomic E-state index is 13.4. The summed E-state index contributed by atoms with van der Waals surface area (Å²) in [6.07, 6.45) is -0.0473. The molecule has 9 heteroatoms. The molecule has 2 aliphatic heterocycles. The van der Waals surface area contributed by atoms with Crippen LogP contribution < -0.4 is 4.90 Å². The first kappa shape index (κ1) is 17.1. The van der Waals surface area contributed by atoms with Crippen LogP contribution in [-0.2, 0) is 14.4 Å². The number of carbonyl (C=O) groups excluding carboxylic acids is 2. The monoisotopic (exact) mass is 437 g/mol. The molecule has 0 bridgehead atoms. The quantitative estimate of drug-likeness (QED) is 0.532. The van der Waals surface area contributed by atoms with Gasteiger partial charge >= 0.3 is 0 Å². The third-order valence-corrected chi connectivity index (χ3v) is 4.97. The zero-order chi connectivity index (χ0) is 18.5. The van der Waals surface area contributed by atoms with Crippen LogP contribution in [-0.4, -0.2) is 28.1 Å². The second-order valence-corrected chi connectivity index (χ2v) is 7.18. The topological polar surface area (TPSA) is 71.9 Å². The number of rotatable bonds is 2. The summed E-state index contributed by atoms with van der Waals surface area (Å²) in [5.74, 6) is -1.65. The predicted octanol–water partition coefficient (Wildman–Crippen LogP) is 3.46. The van der Waals surface area contributed by atoms with Gasteiger partial charge in [0.15, 0.2) is 0 Å². The van der Waals surface area contributed by atoms with Gasteiger partial charge in [-0.05, 0) is 46.3 Å². The summed E-state index contributed by atoms with van der Waals surface area (Å²) in [6, 6.07) is 8.95. The summed E-state index contributed by atoms with van der Waals surface area (Å²) in [5.41, 5.74) is -0.177. The second-order valence-electron chi connectivity index (χ2n) is 5.96. The number of imide groups is 1. The number of halogens is 3. The predicted molar refractivity (Wildman–Crippen MR) is 95.4 cm³/mol. The SMILES string of the molecule is O=C1C[C@@]2(CC(c3cccc(Br)n3)=NO2)C(=O)N1c1ccc(F)c(Cl)c1. The molecular weight excluding hydrogens is 429 g/mol. The van der Waals surface area contributed by atoms with E-state index in [0.717, 1.165) is 11.0 Å². The minimum Gasteiger partial charge on any atom is -0.378 e. The van der Waals surface area contributed by atoms with E-state index < -0.39 is 23.2 Å². The number of amides is 2. The Kier molecular flexibility index (Phi) is 4.04. The minimum atomic E-state index is -1.41. The van der Waals surface area contributed by atoms with Crippen molar-refractivity contribution in [2.24, 2.45) is 5.16 Å². The molecule has 1 fully saturated rings. The molecule has 1 spiro atoms. The number of carbonyl (C=O) groups is 2. The van der Waals surface area contributed by atoms with E-state index in [-0.39, 0.29) is 23.6 Å². The van der Waals surface area contributed by atoms with Gasteiger partial charge in [-0.15, -0.1) is 0 Å². The lowest BCUT2D eigenvalue weighted by atomic mass is 9.94. The number of hydrogen-bond acceptors (Lipinski definition) is 5. The normalized spacial score (nSPS) is 22.1. The van der Waals surface area contributed by atoms with Gasteiger partial charge in [-0.2, -0.15) is 0 Å². The van der Waals surface area contributed by atoms with Crippen molar-refractivity contribution in [2.45, 2.75) is 18.4 Å². The average molecular weight is 439 g/mol. The van der Waals surface area contributed by atoms with Crippen LogP contribution in [0.2, 0.25) is 5.02 Å². The van der Waals surface area contributed by atoms with Gasteiger partial charge in [0.05, 0.1) is 22.8 Å². The summed E-state index contributed by atoms with van der Waals surface area (Å²) in [6.45, 7) is 0. The van der Waals surface area contributed by atoms with E-state index in [2.05, 4.69) is 26.1 Å². The Morgan fingerprint density at radius 1 is 1.23 bits per heavy atom. The molecule has 1 aromatic carbocycles. The first-order valence-corrected chi connectivity index (χ1v) is 8.77. The van der Waals surface area contributed by atoms with Crippen molar-refractivity contribution in [1.29, 1.82) is 0 Å². The number of oxime groups is 1. The summed E-state index contributed by atoms with van der Waals surface area (Å²) in [4.78, 5) is 36.0. The van der Waals surface area contributed by atoms with Crippen molar-refractivity contribution in [3.8, 4) is 0 Å². The van der Waals surface area contributed by atoms with Gasteiger partial charge < -0.3 is 4.84 Å². The fourth-order valence-electron chi connectivity index (χ4n) is 2.99. The summed E-state index contributed by atoms with van der Waals surface area (Å²) >= 11 is 9.05. The third kappa shape index (κ3) is 2.69. The second kappa shape index (κ2) is 6.14. The lowest BCUT2D eigenvalue weighted by molar-refractivity contribution is -0.136. The van der Waals surface area contributed by atoms with Gasteiger partial charge in [0, 0.05) is 6.42 Å². The summed E-state index contributed by atoms with van der Waals surface area (Å²) in [7, 11) is 0. The molecule has 132 valence electrons. The Hall–Kier alpha value is -2.32. The number of benzene rings is 1. The lowest BCUT2D eigenvalue weighted by Crippen LogP contribution is -2.40. The molecule has 6 nitrogen and oxygen atoms in total. The highest BCUT2D eigenvalue weighted by molar-refractivity contribution is 9.10. The Labute approximate surface area is 160 Å². The summed E-state index contributed by atoms with van der Waals surface area (Å²) in [5, 5.41) is 3.80. The van der Waals surface area contributed by atoms with Crippen LogP contribution in [0.5, 0.6) is 0 Å². The molecule has 2 amide bonds. The largest absolute Gasteiger partial charge is 0.378 e. The molecule has 1 saturated heterocycles. The number of pyridine rings is 1. The van der Waals surface area contributed by atoms with Gasteiger partial charge in [-0.1, -0.05) is 22.8 Å². The van der Waals surface area contributed by atoms with Gasteiger partial charge in [-0.3, -0.25) is 9.59 Å². The fraction of sp³-hybridized carbons (Fsp3) is 0.176. The standard InChI is InChI=1S/C17H10BrClFN3O3/c18-14-3-1-2-12(21-14)13-7-17(26-22-13)8-15(24)23(16(17)25)9-4-5-11(20)10(19)6-9/h1-6H,7-8H2/t17-/m0/s1. The Morgan fingerprint density at radius 2 is 2.04 bits per heavy atom. The van der Waals surface area contributed by atoms with Crippen molar-refractivity contribution < 1.29 is 18.8 Å². The molecule has 0 saturated carbocycles. The maximum atomic E-state index is 13.4. The Balaban J connectivity index is 1.63. The smallest absolute Gasteiger partial charge is 0.281 e. The first-order chi connectivity index (χ1) is 12.4. The molecule has 0 N–H and O–H groups in total. The molecule has 0 radical (unpaired) electrons. The van der Waals surface area contributed by atoms with Crippen molar-refractivity contribution in [3.05, 3.63) is 57.5 Å². The van der Waals surface area contributed by atoms with Crippen LogP contribution in [0.15, 0.2) is 46.2 Å². The maximum Gasteiger partial charge on any atom is 0.281 e. The number of nitrogens with zero attached hydrogens (tertiary/aromatic N) is 3. The molecule has 4 rings (SSSR count). The van der Waals surface area contributed by atoms with Gasteiger partial charge in [0.2, 0.25) is 11.5 Å². The van der Waals surface area contributed by atoms with E-state index in [0.29, 0.717) is 16.0 Å². The molecule has 0 aliphatic carbocycles. The molecule has 1 aromatic heterocycles. The van der Waals surface area contributed by atoms with Crippen LogP contribution in [0.3, 0.4) is 0 Å². The van der Waals surface area contributed by atoms with Crippen molar-refractivity contribution >= 4 is 50.7 Å². The van der Waals surface area contributed by atoms with Gasteiger partial charge in [0.25, 0.3) is 5.91 Å². The van der Waals surface area contributed by atoms with E-state index in [1.165, 1.54) is 12.1 Å². The van der Waals surface area contributed by atoms with Crippen LogP contribution in [0.4, 0.5) is 10.1 Å². The van der Waals surface area contributed by atoms with Gasteiger partial charge in [-0.25, -0.2) is 14.3 Å². The van der Waals surface area contributed by atoms with Gasteiger partial charge in [0.1, 0.15) is 16.1 Å². The summed E-state index contributed by atoms with van der Waals surface area (Å²) < 4.78 is 14.0. The van der Waals surface area contributed by atoms with Crippen LogP contribution in [0, 0.1) is 5.82 Å². The van der Waals surface area contributed by atoms with E-state index in [1.54, 1.807) is 18.2 Å². The number of anilines is 1. The van der Waals surface area contributed by atoms with E-state index in [4.69, 9.17) is 16.4 Å². The van der Waals surface area contributed by atoms with Crippen molar-refractivity contribution in [2.75, 3.05) is 4.90 Å².